The standard InChI is InChI=1S/C9H14N4O4S/c10-7(14)3-11-4-8-12-9(13-17-8)6-1-2-18(15,16)5-6/h6,11H,1-5H2,(H2,10,14). The molecule has 1 saturated heterocycles. The van der Waals surface area contributed by atoms with Gasteiger partial charge in [0.15, 0.2) is 15.7 Å². The third-order valence-corrected chi connectivity index (χ3v) is 4.42. The van der Waals surface area contributed by atoms with Crippen molar-refractivity contribution < 1.29 is 17.7 Å². The van der Waals surface area contributed by atoms with Crippen molar-refractivity contribution in [2.24, 2.45) is 5.73 Å². The number of rotatable bonds is 5. The Morgan fingerprint density at radius 3 is 2.94 bits per heavy atom. The minimum Gasteiger partial charge on any atom is -0.369 e. The molecular weight excluding hydrogens is 260 g/mol. The molecule has 0 spiro atoms. The first-order valence-corrected chi connectivity index (χ1v) is 7.30. The van der Waals surface area contributed by atoms with Crippen molar-refractivity contribution in [3.8, 4) is 0 Å². The maximum Gasteiger partial charge on any atom is 0.240 e. The first-order chi connectivity index (χ1) is 8.46. The quantitative estimate of drug-likeness (QED) is 0.671. The van der Waals surface area contributed by atoms with Gasteiger partial charge in [-0.05, 0) is 6.42 Å². The van der Waals surface area contributed by atoms with Crippen LogP contribution in [0.25, 0.3) is 0 Å². The van der Waals surface area contributed by atoms with E-state index in [1.807, 2.05) is 0 Å². The smallest absolute Gasteiger partial charge is 0.240 e. The zero-order valence-electron chi connectivity index (χ0n) is 9.63. The van der Waals surface area contributed by atoms with E-state index in [2.05, 4.69) is 15.5 Å². The van der Waals surface area contributed by atoms with Crippen LogP contribution in [0.4, 0.5) is 0 Å². The minimum absolute atomic E-state index is 0.0233. The number of nitrogens with two attached hydrogens (primary N) is 1. The first-order valence-electron chi connectivity index (χ1n) is 5.48. The highest BCUT2D eigenvalue weighted by atomic mass is 32.2. The van der Waals surface area contributed by atoms with E-state index >= 15 is 0 Å². The lowest BCUT2D eigenvalue weighted by molar-refractivity contribution is -0.117. The molecule has 1 fully saturated rings. The lowest BCUT2D eigenvalue weighted by Crippen LogP contribution is -2.28. The Kier molecular flexibility index (Phi) is 3.62. The van der Waals surface area contributed by atoms with E-state index in [9.17, 15) is 13.2 Å². The van der Waals surface area contributed by atoms with Crippen molar-refractivity contribution >= 4 is 15.7 Å². The van der Waals surface area contributed by atoms with Gasteiger partial charge in [-0.15, -0.1) is 0 Å². The molecule has 0 saturated carbocycles. The summed E-state index contributed by atoms with van der Waals surface area (Å²) in [5.41, 5.74) is 4.96. The van der Waals surface area contributed by atoms with Gasteiger partial charge in [-0.1, -0.05) is 5.16 Å². The van der Waals surface area contributed by atoms with Crippen LogP contribution in [0.2, 0.25) is 0 Å². The fourth-order valence-electron chi connectivity index (χ4n) is 1.80. The normalized spacial score (nSPS) is 22.1. The topological polar surface area (TPSA) is 128 Å². The summed E-state index contributed by atoms with van der Waals surface area (Å²) in [6.07, 6.45) is 0.524. The van der Waals surface area contributed by atoms with Gasteiger partial charge in [0.25, 0.3) is 0 Å². The number of carbonyl (C=O) groups excluding carboxylic acids is 1. The predicted molar refractivity (Wildman–Crippen MR) is 61.2 cm³/mol. The molecule has 2 heterocycles. The molecule has 1 amide bonds. The van der Waals surface area contributed by atoms with Crippen LogP contribution >= 0.6 is 0 Å². The first kappa shape index (κ1) is 13.0. The summed E-state index contributed by atoms with van der Waals surface area (Å²) in [5, 5.41) is 6.49. The Morgan fingerprint density at radius 2 is 2.33 bits per heavy atom. The molecular formula is C9H14N4O4S. The van der Waals surface area contributed by atoms with Gasteiger partial charge >= 0.3 is 0 Å². The second kappa shape index (κ2) is 5.02. The number of primary amides is 1. The molecule has 3 N–H and O–H groups in total. The monoisotopic (exact) mass is 274 g/mol. The van der Waals surface area contributed by atoms with Gasteiger partial charge in [0.1, 0.15) is 0 Å². The van der Waals surface area contributed by atoms with E-state index in [1.165, 1.54) is 0 Å². The molecule has 1 aromatic rings. The van der Waals surface area contributed by atoms with E-state index in [0.717, 1.165) is 0 Å². The Hall–Kier alpha value is -1.48. The van der Waals surface area contributed by atoms with Crippen LogP contribution < -0.4 is 11.1 Å². The Bertz CT molecular complexity index is 539. The second-order valence-electron chi connectivity index (χ2n) is 4.22. The van der Waals surface area contributed by atoms with E-state index in [-0.39, 0.29) is 30.5 Å². The third-order valence-electron chi connectivity index (χ3n) is 2.66. The molecule has 100 valence electrons. The van der Waals surface area contributed by atoms with Gasteiger partial charge in [-0.2, -0.15) is 4.98 Å². The molecule has 1 aliphatic heterocycles. The number of nitrogens with zero attached hydrogens (tertiary/aromatic N) is 2. The van der Waals surface area contributed by atoms with E-state index in [1.54, 1.807) is 0 Å². The number of nitrogens with one attached hydrogen (secondary N) is 1. The number of sulfone groups is 1. The molecule has 1 unspecified atom stereocenters. The average molecular weight is 274 g/mol. The average Bonchev–Trinajstić information content (AvgIpc) is 2.84. The molecule has 18 heavy (non-hydrogen) atoms. The van der Waals surface area contributed by atoms with Crippen LogP contribution in [-0.4, -0.2) is 42.5 Å². The number of aromatic nitrogens is 2. The van der Waals surface area contributed by atoms with Crippen LogP contribution in [-0.2, 0) is 21.2 Å². The Balaban J connectivity index is 1.92. The van der Waals surface area contributed by atoms with Gasteiger partial charge in [-0.3, -0.25) is 10.1 Å². The Morgan fingerprint density at radius 1 is 1.56 bits per heavy atom. The van der Waals surface area contributed by atoms with Crippen LogP contribution in [0.15, 0.2) is 4.52 Å². The summed E-state index contributed by atoms with van der Waals surface area (Å²) in [6, 6.07) is 0. The highest BCUT2D eigenvalue weighted by Gasteiger charge is 2.32. The van der Waals surface area contributed by atoms with E-state index < -0.39 is 15.7 Å². The van der Waals surface area contributed by atoms with Crippen molar-refractivity contribution in [3.63, 3.8) is 0 Å². The third kappa shape index (κ3) is 3.26. The van der Waals surface area contributed by atoms with Gasteiger partial charge in [-0.25, -0.2) is 8.42 Å². The predicted octanol–water partition coefficient (Wildman–Crippen LogP) is -1.45. The van der Waals surface area contributed by atoms with E-state index in [4.69, 9.17) is 10.3 Å². The van der Waals surface area contributed by atoms with Gasteiger partial charge < -0.3 is 10.3 Å². The summed E-state index contributed by atoms with van der Waals surface area (Å²) in [4.78, 5) is 14.6. The molecule has 0 radical (unpaired) electrons. The zero-order valence-corrected chi connectivity index (χ0v) is 10.4. The molecule has 1 atom stereocenters. The summed E-state index contributed by atoms with van der Waals surface area (Å²) >= 11 is 0. The van der Waals surface area contributed by atoms with Crippen LogP contribution in [0.5, 0.6) is 0 Å². The molecule has 1 aliphatic rings. The highest BCUT2D eigenvalue weighted by Crippen LogP contribution is 2.26. The number of hydrogen-bond acceptors (Lipinski definition) is 7. The van der Waals surface area contributed by atoms with Crippen LogP contribution in [0.1, 0.15) is 24.1 Å². The molecule has 0 bridgehead atoms. The maximum absolute atomic E-state index is 11.3. The van der Waals surface area contributed by atoms with Crippen molar-refractivity contribution in [3.05, 3.63) is 11.7 Å². The van der Waals surface area contributed by atoms with Crippen molar-refractivity contribution in [1.29, 1.82) is 0 Å². The van der Waals surface area contributed by atoms with Gasteiger partial charge in [0.2, 0.25) is 11.8 Å². The summed E-state index contributed by atoms with van der Waals surface area (Å²) < 4.78 is 27.6. The van der Waals surface area contributed by atoms with Crippen molar-refractivity contribution in [1.82, 2.24) is 15.5 Å². The fourth-order valence-corrected chi connectivity index (χ4v) is 3.54. The SMILES string of the molecule is NC(=O)CNCc1nc(C2CCS(=O)(=O)C2)no1. The zero-order chi connectivity index (χ0) is 13.2. The molecule has 0 aliphatic carbocycles. The highest BCUT2D eigenvalue weighted by molar-refractivity contribution is 7.91. The molecule has 0 aromatic carbocycles. The summed E-state index contributed by atoms with van der Waals surface area (Å²) in [6.45, 7) is 0.255. The van der Waals surface area contributed by atoms with Crippen molar-refractivity contribution in [2.75, 3.05) is 18.1 Å². The number of carbonyl (C=O) groups is 1. The fraction of sp³-hybridized carbons (Fsp3) is 0.667. The largest absolute Gasteiger partial charge is 0.369 e. The molecule has 8 nitrogen and oxygen atoms in total. The molecule has 1 aromatic heterocycles. The second-order valence-corrected chi connectivity index (χ2v) is 6.44. The van der Waals surface area contributed by atoms with Gasteiger partial charge in [0.05, 0.1) is 24.6 Å². The molecule has 9 heteroatoms. The molecule has 2 rings (SSSR count). The number of hydrogen-bond donors (Lipinski definition) is 2. The summed E-state index contributed by atoms with van der Waals surface area (Å²) in [5.74, 6) is 0.296. The lowest BCUT2D eigenvalue weighted by Gasteiger charge is -1.98. The van der Waals surface area contributed by atoms with Crippen molar-refractivity contribution in [2.45, 2.75) is 18.9 Å². The van der Waals surface area contributed by atoms with Gasteiger partial charge in [0, 0.05) is 5.92 Å². The Labute approximate surface area is 104 Å². The lowest BCUT2D eigenvalue weighted by atomic mass is 10.1. The minimum atomic E-state index is -2.96. The summed E-state index contributed by atoms with van der Waals surface area (Å²) in [7, 11) is -2.96. The maximum atomic E-state index is 11.3. The van der Waals surface area contributed by atoms with Crippen LogP contribution in [0, 0.1) is 0 Å². The number of amides is 1. The van der Waals surface area contributed by atoms with E-state index in [0.29, 0.717) is 18.1 Å². The van der Waals surface area contributed by atoms with Crippen LogP contribution in [0.3, 0.4) is 0 Å².